The lowest BCUT2D eigenvalue weighted by atomic mass is 9.89. The third-order valence-electron chi connectivity index (χ3n) is 6.10. The Morgan fingerprint density at radius 1 is 0.933 bits per heavy atom. The third-order valence-corrected chi connectivity index (χ3v) is 6.10. The van der Waals surface area contributed by atoms with Crippen LogP contribution in [0.4, 0.5) is 5.69 Å². The molecule has 2 aromatic carbocycles. The number of carbonyl (C=O) groups is 3. The standard InChI is InChI=1S/C24H27N3O3/c1-17(2)25-15-22(29)27(14-19-11-9-18(3)10-12-19)24(23(25)30)13-21(28)26(16-24)20-7-5-4-6-8-20/h4-12,17H,13-16H2,1-3H3. The van der Waals surface area contributed by atoms with Crippen molar-refractivity contribution in [1.82, 2.24) is 9.80 Å². The van der Waals surface area contributed by atoms with Gasteiger partial charge in [-0.2, -0.15) is 0 Å². The smallest absolute Gasteiger partial charge is 0.251 e. The Morgan fingerprint density at radius 3 is 2.23 bits per heavy atom. The first-order valence-electron chi connectivity index (χ1n) is 10.3. The minimum atomic E-state index is -1.18. The minimum absolute atomic E-state index is 0.00154. The van der Waals surface area contributed by atoms with Crippen molar-refractivity contribution in [2.75, 3.05) is 18.0 Å². The average molecular weight is 405 g/mol. The van der Waals surface area contributed by atoms with Crippen molar-refractivity contribution in [3.8, 4) is 0 Å². The van der Waals surface area contributed by atoms with Gasteiger partial charge in [0.25, 0.3) is 5.91 Å². The number of anilines is 1. The zero-order chi connectivity index (χ0) is 21.5. The fourth-order valence-electron chi connectivity index (χ4n) is 4.38. The maximum Gasteiger partial charge on any atom is 0.251 e. The van der Waals surface area contributed by atoms with Crippen molar-refractivity contribution >= 4 is 23.4 Å². The molecule has 1 spiro atoms. The molecule has 6 heteroatoms. The highest BCUT2D eigenvalue weighted by molar-refractivity contribution is 6.08. The van der Waals surface area contributed by atoms with Crippen LogP contribution in [0.3, 0.4) is 0 Å². The molecule has 1 atom stereocenters. The van der Waals surface area contributed by atoms with Gasteiger partial charge in [0, 0.05) is 18.3 Å². The molecular formula is C24H27N3O3. The van der Waals surface area contributed by atoms with Gasteiger partial charge in [0.1, 0.15) is 12.1 Å². The fraction of sp³-hybridized carbons (Fsp3) is 0.375. The normalized spacial score (nSPS) is 22.0. The van der Waals surface area contributed by atoms with Gasteiger partial charge >= 0.3 is 0 Å². The van der Waals surface area contributed by atoms with Gasteiger partial charge in [-0.1, -0.05) is 48.0 Å². The highest BCUT2D eigenvalue weighted by atomic mass is 16.2. The van der Waals surface area contributed by atoms with Crippen molar-refractivity contribution in [3.63, 3.8) is 0 Å². The van der Waals surface area contributed by atoms with Gasteiger partial charge in [0.2, 0.25) is 11.8 Å². The number of hydrogen-bond acceptors (Lipinski definition) is 3. The molecule has 3 amide bonds. The van der Waals surface area contributed by atoms with Gasteiger partial charge < -0.3 is 14.7 Å². The van der Waals surface area contributed by atoms with Gasteiger partial charge in [-0.05, 0) is 38.5 Å². The second-order valence-corrected chi connectivity index (χ2v) is 8.52. The summed E-state index contributed by atoms with van der Waals surface area (Å²) in [6.45, 7) is 6.35. The first-order valence-corrected chi connectivity index (χ1v) is 10.3. The van der Waals surface area contributed by atoms with E-state index in [-0.39, 0.29) is 43.3 Å². The number of nitrogens with zero attached hydrogens (tertiary/aromatic N) is 3. The Bertz CT molecular complexity index is 971. The average Bonchev–Trinajstić information content (AvgIpc) is 3.08. The Kier molecular flexibility index (Phi) is 5.10. The van der Waals surface area contributed by atoms with E-state index in [9.17, 15) is 14.4 Å². The molecule has 156 valence electrons. The minimum Gasteiger partial charge on any atom is -0.329 e. The van der Waals surface area contributed by atoms with Crippen LogP contribution < -0.4 is 4.90 Å². The lowest BCUT2D eigenvalue weighted by Gasteiger charge is -2.48. The molecule has 2 aliphatic heterocycles. The maximum absolute atomic E-state index is 13.7. The van der Waals surface area contributed by atoms with Gasteiger partial charge in [0.05, 0.1) is 13.0 Å². The van der Waals surface area contributed by atoms with Crippen LogP contribution in [0.2, 0.25) is 0 Å². The molecule has 4 rings (SSSR count). The summed E-state index contributed by atoms with van der Waals surface area (Å²) in [4.78, 5) is 44.8. The van der Waals surface area contributed by atoms with Crippen LogP contribution in [0.5, 0.6) is 0 Å². The number of piperazine rings is 1. The largest absolute Gasteiger partial charge is 0.329 e. The van der Waals surface area contributed by atoms with Crippen LogP contribution in [0, 0.1) is 6.92 Å². The molecule has 0 aliphatic carbocycles. The van der Waals surface area contributed by atoms with Crippen molar-refractivity contribution in [2.24, 2.45) is 0 Å². The van der Waals surface area contributed by atoms with Crippen LogP contribution in [-0.4, -0.2) is 52.2 Å². The number of rotatable bonds is 4. The summed E-state index contributed by atoms with van der Waals surface area (Å²) >= 11 is 0. The van der Waals surface area contributed by atoms with E-state index < -0.39 is 5.54 Å². The van der Waals surface area contributed by atoms with Crippen molar-refractivity contribution in [2.45, 2.75) is 45.3 Å². The summed E-state index contributed by atoms with van der Waals surface area (Å²) in [7, 11) is 0. The molecule has 30 heavy (non-hydrogen) atoms. The van der Waals surface area contributed by atoms with Gasteiger partial charge in [0.15, 0.2) is 0 Å². The van der Waals surface area contributed by atoms with Crippen molar-refractivity contribution in [1.29, 1.82) is 0 Å². The molecule has 2 heterocycles. The molecule has 2 aromatic rings. The molecule has 2 fully saturated rings. The van der Waals surface area contributed by atoms with E-state index >= 15 is 0 Å². The number of hydrogen-bond donors (Lipinski definition) is 0. The summed E-state index contributed by atoms with van der Waals surface area (Å²) in [5.74, 6) is -0.399. The Labute approximate surface area is 177 Å². The topological polar surface area (TPSA) is 60.9 Å². The fourth-order valence-corrected chi connectivity index (χ4v) is 4.38. The molecule has 0 N–H and O–H groups in total. The van der Waals surface area contributed by atoms with E-state index in [1.807, 2.05) is 75.4 Å². The van der Waals surface area contributed by atoms with Gasteiger partial charge in [-0.3, -0.25) is 14.4 Å². The number of para-hydroxylation sites is 1. The molecule has 0 bridgehead atoms. The van der Waals surface area contributed by atoms with Crippen LogP contribution in [0.1, 0.15) is 31.4 Å². The molecule has 0 radical (unpaired) electrons. The predicted octanol–water partition coefficient (Wildman–Crippen LogP) is 2.75. The summed E-state index contributed by atoms with van der Waals surface area (Å²) in [6.07, 6.45) is 0.00154. The zero-order valence-corrected chi connectivity index (χ0v) is 17.7. The van der Waals surface area contributed by atoms with Gasteiger partial charge in [-0.15, -0.1) is 0 Å². The molecule has 1 unspecified atom stereocenters. The zero-order valence-electron chi connectivity index (χ0n) is 17.7. The second-order valence-electron chi connectivity index (χ2n) is 8.52. The van der Waals surface area contributed by atoms with Crippen LogP contribution >= 0.6 is 0 Å². The molecular weight excluding hydrogens is 378 g/mol. The highest BCUT2D eigenvalue weighted by Gasteiger charge is 2.59. The van der Waals surface area contributed by atoms with E-state index in [2.05, 4.69) is 0 Å². The Balaban J connectivity index is 1.74. The van der Waals surface area contributed by atoms with Crippen molar-refractivity contribution in [3.05, 3.63) is 65.7 Å². The van der Waals surface area contributed by atoms with E-state index in [1.54, 1.807) is 14.7 Å². The van der Waals surface area contributed by atoms with Gasteiger partial charge in [-0.25, -0.2) is 0 Å². The summed E-state index contributed by atoms with van der Waals surface area (Å²) in [6, 6.07) is 17.2. The van der Waals surface area contributed by atoms with E-state index in [0.717, 1.165) is 16.8 Å². The molecule has 0 saturated carbocycles. The van der Waals surface area contributed by atoms with Crippen LogP contribution in [-0.2, 0) is 20.9 Å². The van der Waals surface area contributed by atoms with E-state index in [4.69, 9.17) is 0 Å². The summed E-state index contributed by atoms with van der Waals surface area (Å²) in [5.41, 5.74) is 1.64. The molecule has 2 aliphatic rings. The van der Waals surface area contributed by atoms with Crippen molar-refractivity contribution < 1.29 is 14.4 Å². The molecule has 2 saturated heterocycles. The number of aryl methyl sites for hydroxylation is 1. The molecule has 0 aromatic heterocycles. The SMILES string of the molecule is Cc1ccc(CN2C(=O)CN(C(C)C)C(=O)C23CC(=O)N(c2ccccc2)C3)cc1. The predicted molar refractivity (Wildman–Crippen MR) is 115 cm³/mol. The lowest BCUT2D eigenvalue weighted by Crippen LogP contribution is -2.69. The van der Waals surface area contributed by atoms with E-state index in [1.165, 1.54) is 0 Å². The van der Waals surface area contributed by atoms with Crippen LogP contribution in [0.15, 0.2) is 54.6 Å². The Morgan fingerprint density at radius 2 is 1.60 bits per heavy atom. The lowest BCUT2D eigenvalue weighted by molar-refractivity contribution is -0.166. The number of benzene rings is 2. The monoisotopic (exact) mass is 405 g/mol. The maximum atomic E-state index is 13.7. The first kappa shape index (κ1) is 20.1. The highest BCUT2D eigenvalue weighted by Crippen LogP contribution is 2.38. The Hall–Kier alpha value is -3.15. The number of carbonyl (C=O) groups excluding carboxylic acids is 3. The summed E-state index contributed by atoms with van der Waals surface area (Å²) < 4.78 is 0. The third kappa shape index (κ3) is 3.36. The van der Waals surface area contributed by atoms with E-state index in [0.29, 0.717) is 6.54 Å². The first-order chi connectivity index (χ1) is 14.3. The second kappa shape index (κ2) is 7.59. The van der Waals surface area contributed by atoms with Crippen LogP contribution in [0.25, 0.3) is 0 Å². The number of amides is 3. The molecule has 6 nitrogen and oxygen atoms in total. The summed E-state index contributed by atoms with van der Waals surface area (Å²) in [5, 5.41) is 0. The quantitative estimate of drug-likeness (QED) is 0.786.